The van der Waals surface area contributed by atoms with Gasteiger partial charge < -0.3 is 20.3 Å². The molecule has 0 radical (unpaired) electrons. The minimum absolute atomic E-state index is 0.00732. The molecular formula is C53H99NO5. The van der Waals surface area contributed by atoms with Crippen molar-refractivity contribution in [3.05, 3.63) is 36.5 Å². The fourth-order valence-electron chi connectivity index (χ4n) is 7.62. The predicted octanol–water partition coefficient (Wildman–Crippen LogP) is 15.3. The molecule has 6 heteroatoms. The molecule has 6 nitrogen and oxygen atoms in total. The third kappa shape index (κ3) is 45.4. The van der Waals surface area contributed by atoms with E-state index in [0.717, 1.165) is 64.2 Å². The summed E-state index contributed by atoms with van der Waals surface area (Å²) in [5, 5.41) is 22.9. The maximum absolute atomic E-state index is 12.4. The van der Waals surface area contributed by atoms with E-state index >= 15 is 0 Å². The number of esters is 1. The molecule has 0 bridgehead atoms. The Morgan fingerprint density at radius 3 is 1.20 bits per heavy atom. The van der Waals surface area contributed by atoms with E-state index in [4.69, 9.17) is 4.74 Å². The lowest BCUT2D eigenvalue weighted by molar-refractivity contribution is -0.143. The number of hydrogen-bond acceptors (Lipinski definition) is 5. The lowest BCUT2D eigenvalue weighted by atomic mass is 10.1. The van der Waals surface area contributed by atoms with Crippen LogP contribution in [0, 0.1) is 0 Å². The van der Waals surface area contributed by atoms with E-state index in [9.17, 15) is 19.8 Å². The first-order chi connectivity index (χ1) is 29.0. The Hall–Kier alpha value is -1.92. The molecule has 0 fully saturated rings. The summed E-state index contributed by atoms with van der Waals surface area (Å²) in [5.41, 5.74) is 0. The molecule has 0 aliphatic heterocycles. The molecule has 59 heavy (non-hydrogen) atoms. The molecule has 0 saturated carbocycles. The largest absolute Gasteiger partial charge is 0.466 e. The quantitative estimate of drug-likeness (QED) is 0.0323. The average molecular weight is 830 g/mol. The van der Waals surface area contributed by atoms with E-state index in [1.54, 1.807) is 6.08 Å². The second-order valence-corrected chi connectivity index (χ2v) is 17.5. The van der Waals surface area contributed by atoms with Gasteiger partial charge in [-0.1, -0.05) is 204 Å². The van der Waals surface area contributed by atoms with Crippen molar-refractivity contribution in [2.24, 2.45) is 0 Å². The fraction of sp³-hybridized carbons (Fsp3) is 0.849. The van der Waals surface area contributed by atoms with Gasteiger partial charge in [0, 0.05) is 12.8 Å². The molecule has 0 saturated heterocycles. The van der Waals surface area contributed by atoms with Crippen molar-refractivity contribution in [1.29, 1.82) is 0 Å². The van der Waals surface area contributed by atoms with Crippen molar-refractivity contribution in [2.75, 3.05) is 13.2 Å². The number of aliphatic hydroxyl groups excluding tert-OH is 2. The first-order valence-corrected chi connectivity index (χ1v) is 25.8. The maximum Gasteiger partial charge on any atom is 0.305 e. The Kier molecular flexibility index (Phi) is 47.2. The van der Waals surface area contributed by atoms with Crippen molar-refractivity contribution in [3.63, 3.8) is 0 Å². The highest BCUT2D eigenvalue weighted by molar-refractivity contribution is 5.76. The summed E-state index contributed by atoms with van der Waals surface area (Å²) in [5.74, 6) is -0.0927. The summed E-state index contributed by atoms with van der Waals surface area (Å²) in [6.45, 7) is 4.84. The SMILES string of the molecule is CCCCCCC/C=C\CCCCCCCC(=O)OCCCCCCCCCCC/C=C\CCCCCCCC(=O)NC(CO)C(O)/C=C/CCCCCCCCCC. The third-order valence-electron chi connectivity index (χ3n) is 11.6. The molecule has 0 rings (SSSR count). The number of unbranched alkanes of at least 4 members (excludes halogenated alkanes) is 32. The lowest BCUT2D eigenvalue weighted by Gasteiger charge is -2.20. The van der Waals surface area contributed by atoms with E-state index in [0.29, 0.717) is 19.4 Å². The van der Waals surface area contributed by atoms with Crippen molar-refractivity contribution in [1.82, 2.24) is 5.32 Å². The van der Waals surface area contributed by atoms with Gasteiger partial charge in [0.15, 0.2) is 0 Å². The summed E-state index contributed by atoms with van der Waals surface area (Å²) in [6, 6.07) is -0.636. The Morgan fingerprint density at radius 2 is 0.797 bits per heavy atom. The molecule has 3 N–H and O–H groups in total. The summed E-state index contributed by atoms with van der Waals surface area (Å²) in [4.78, 5) is 24.4. The van der Waals surface area contributed by atoms with E-state index < -0.39 is 12.1 Å². The number of nitrogens with one attached hydrogen (secondary N) is 1. The van der Waals surface area contributed by atoms with Gasteiger partial charge in [-0.15, -0.1) is 0 Å². The predicted molar refractivity (Wildman–Crippen MR) is 255 cm³/mol. The first kappa shape index (κ1) is 57.1. The minimum Gasteiger partial charge on any atom is -0.466 e. The summed E-state index contributed by atoms with van der Waals surface area (Å²) in [6.07, 6.45) is 58.6. The van der Waals surface area contributed by atoms with Crippen LogP contribution in [0.25, 0.3) is 0 Å². The Morgan fingerprint density at radius 1 is 0.458 bits per heavy atom. The van der Waals surface area contributed by atoms with Crippen molar-refractivity contribution in [3.8, 4) is 0 Å². The lowest BCUT2D eigenvalue weighted by Crippen LogP contribution is -2.45. The number of carbonyl (C=O) groups is 2. The number of carbonyl (C=O) groups excluding carboxylic acids is 2. The number of rotatable bonds is 47. The summed E-state index contributed by atoms with van der Waals surface area (Å²) in [7, 11) is 0. The highest BCUT2D eigenvalue weighted by Crippen LogP contribution is 2.14. The minimum atomic E-state index is -0.851. The topological polar surface area (TPSA) is 95.9 Å². The molecular weight excluding hydrogens is 731 g/mol. The molecule has 2 atom stereocenters. The fourth-order valence-corrected chi connectivity index (χ4v) is 7.62. The summed E-state index contributed by atoms with van der Waals surface area (Å²) >= 11 is 0. The molecule has 2 unspecified atom stereocenters. The molecule has 0 aromatic rings. The standard InChI is InChI=1S/C53H99NO5/c1-3-5-7-9-11-13-15-16-24-27-31-35-39-43-47-53(58)59-48-44-40-36-32-28-25-22-20-18-17-19-21-23-26-30-34-38-42-46-52(57)54-50(49-55)51(56)45-41-37-33-29-14-12-10-8-6-4-2/h15-16,19,21,41,45,50-51,55-56H,3-14,17-18,20,22-40,42-44,46-49H2,1-2H3,(H,54,57)/b16-15-,21-19-,45-41+. The van der Waals surface area contributed by atoms with Crippen LogP contribution < -0.4 is 5.32 Å². The van der Waals surface area contributed by atoms with E-state index in [1.165, 1.54) is 173 Å². The maximum atomic E-state index is 12.4. The van der Waals surface area contributed by atoms with Gasteiger partial charge in [-0.2, -0.15) is 0 Å². The molecule has 346 valence electrons. The van der Waals surface area contributed by atoms with Gasteiger partial charge in [-0.05, 0) is 83.5 Å². The second-order valence-electron chi connectivity index (χ2n) is 17.5. The number of allylic oxidation sites excluding steroid dienone is 5. The van der Waals surface area contributed by atoms with Crippen LogP contribution >= 0.6 is 0 Å². The average Bonchev–Trinajstić information content (AvgIpc) is 3.24. The zero-order valence-corrected chi connectivity index (χ0v) is 39.2. The van der Waals surface area contributed by atoms with Crippen molar-refractivity contribution < 1.29 is 24.5 Å². The van der Waals surface area contributed by atoms with Crippen LogP contribution in [0.2, 0.25) is 0 Å². The zero-order valence-electron chi connectivity index (χ0n) is 39.2. The molecule has 0 spiro atoms. The smallest absolute Gasteiger partial charge is 0.305 e. The van der Waals surface area contributed by atoms with E-state index in [-0.39, 0.29) is 18.5 Å². The molecule has 0 aromatic carbocycles. The Bertz CT molecular complexity index is 962. The number of ether oxygens (including phenoxy) is 1. The van der Waals surface area contributed by atoms with Crippen LogP contribution in [0.5, 0.6) is 0 Å². The van der Waals surface area contributed by atoms with Crippen LogP contribution in [0.4, 0.5) is 0 Å². The molecule has 0 aliphatic carbocycles. The van der Waals surface area contributed by atoms with Gasteiger partial charge in [0.1, 0.15) is 0 Å². The van der Waals surface area contributed by atoms with Gasteiger partial charge >= 0.3 is 5.97 Å². The molecule has 1 amide bonds. The van der Waals surface area contributed by atoms with Crippen LogP contribution in [0.15, 0.2) is 36.5 Å². The van der Waals surface area contributed by atoms with Crippen LogP contribution in [-0.2, 0) is 14.3 Å². The number of aliphatic hydroxyl groups is 2. The summed E-state index contributed by atoms with van der Waals surface area (Å²) < 4.78 is 5.46. The first-order valence-electron chi connectivity index (χ1n) is 25.8. The Labute approximate surface area is 366 Å². The van der Waals surface area contributed by atoms with Gasteiger partial charge in [0.25, 0.3) is 0 Å². The molecule has 0 aromatic heterocycles. The van der Waals surface area contributed by atoms with Crippen LogP contribution in [0.1, 0.15) is 264 Å². The zero-order chi connectivity index (χ0) is 43.0. The van der Waals surface area contributed by atoms with Gasteiger partial charge in [-0.25, -0.2) is 0 Å². The van der Waals surface area contributed by atoms with Gasteiger partial charge in [0.2, 0.25) is 5.91 Å². The van der Waals surface area contributed by atoms with E-state index in [1.807, 2.05) is 6.08 Å². The highest BCUT2D eigenvalue weighted by atomic mass is 16.5. The third-order valence-corrected chi connectivity index (χ3v) is 11.6. The van der Waals surface area contributed by atoms with Crippen molar-refractivity contribution >= 4 is 11.9 Å². The van der Waals surface area contributed by atoms with Crippen LogP contribution in [-0.4, -0.2) is 47.4 Å². The van der Waals surface area contributed by atoms with E-state index in [2.05, 4.69) is 43.5 Å². The number of amides is 1. The monoisotopic (exact) mass is 830 g/mol. The highest BCUT2D eigenvalue weighted by Gasteiger charge is 2.18. The molecule has 0 heterocycles. The van der Waals surface area contributed by atoms with Gasteiger partial charge in [0.05, 0.1) is 25.4 Å². The van der Waals surface area contributed by atoms with Crippen LogP contribution in [0.3, 0.4) is 0 Å². The van der Waals surface area contributed by atoms with Crippen molar-refractivity contribution in [2.45, 2.75) is 276 Å². The number of hydrogen-bond donors (Lipinski definition) is 3. The van der Waals surface area contributed by atoms with Gasteiger partial charge in [-0.3, -0.25) is 9.59 Å². The Balaban J connectivity index is 3.46. The normalized spacial score (nSPS) is 12.9. The molecule has 0 aliphatic rings. The second kappa shape index (κ2) is 48.7.